The number of nitrogens with two attached hydrogens (primary N) is 1. The third-order valence-corrected chi connectivity index (χ3v) is 6.26. The van der Waals surface area contributed by atoms with Crippen LogP contribution < -0.4 is 21.3 Å². The highest BCUT2D eigenvalue weighted by atomic mass is 16.4. The molecule has 3 amide bonds. The Kier molecular flexibility index (Phi) is 9.88. The Morgan fingerprint density at radius 1 is 0.974 bits per heavy atom. The van der Waals surface area contributed by atoms with Crippen LogP contribution >= 0.6 is 0 Å². The number of nitrogens with one attached hydrogen (secondary N) is 2. The van der Waals surface area contributed by atoms with E-state index in [4.69, 9.17) is 5.73 Å². The Balaban J connectivity index is 1.67. The molecule has 0 unspecified atom stereocenters. The lowest BCUT2D eigenvalue weighted by Gasteiger charge is -2.24. The van der Waals surface area contributed by atoms with E-state index in [9.17, 15) is 34.2 Å². The van der Waals surface area contributed by atoms with Crippen LogP contribution in [0.2, 0.25) is 0 Å². The Labute approximate surface area is 219 Å². The van der Waals surface area contributed by atoms with Crippen molar-refractivity contribution in [3.63, 3.8) is 0 Å². The molecule has 0 bridgehead atoms. The first-order chi connectivity index (χ1) is 18.2. The van der Waals surface area contributed by atoms with Crippen molar-refractivity contribution in [3.8, 4) is 0 Å². The number of benzene rings is 1. The molecule has 0 spiro atoms. The smallest absolute Gasteiger partial charge is 0.327 e. The Bertz CT molecular complexity index is 1170. The van der Waals surface area contributed by atoms with E-state index in [0.717, 1.165) is 0 Å². The fraction of sp³-hybridized carbons (Fsp3) is 0.385. The first kappa shape index (κ1) is 28.3. The van der Waals surface area contributed by atoms with Crippen molar-refractivity contribution in [1.82, 2.24) is 15.6 Å². The number of hydrogen-bond donors (Lipinski definition) is 5. The van der Waals surface area contributed by atoms with E-state index in [2.05, 4.69) is 15.6 Å². The zero-order valence-corrected chi connectivity index (χ0v) is 20.7. The minimum absolute atomic E-state index is 0.100. The van der Waals surface area contributed by atoms with Gasteiger partial charge in [0.05, 0.1) is 0 Å². The summed E-state index contributed by atoms with van der Waals surface area (Å²) in [5.41, 5.74) is 6.81. The SMILES string of the molecule is NCCCC[C@H](NC(=O)c1ccccn1)C(=O)N[C@H](CCC(=O)N1c2ccccc2C[C@H]1C(=O)O)C(=O)O. The molecule has 1 aliphatic rings. The number of carbonyl (C=O) groups excluding carboxylic acids is 3. The highest BCUT2D eigenvalue weighted by Gasteiger charge is 2.38. The summed E-state index contributed by atoms with van der Waals surface area (Å²) in [5, 5.41) is 24.3. The van der Waals surface area contributed by atoms with Crippen LogP contribution in [-0.4, -0.2) is 69.5 Å². The molecule has 0 fully saturated rings. The number of para-hydroxylation sites is 1. The number of rotatable bonds is 13. The van der Waals surface area contributed by atoms with Gasteiger partial charge in [0.25, 0.3) is 5.91 Å². The summed E-state index contributed by atoms with van der Waals surface area (Å²) >= 11 is 0. The average molecular weight is 526 g/mol. The minimum Gasteiger partial charge on any atom is -0.480 e. The molecular formula is C26H31N5O7. The van der Waals surface area contributed by atoms with Gasteiger partial charge in [0, 0.05) is 24.7 Å². The van der Waals surface area contributed by atoms with Crippen molar-refractivity contribution in [2.45, 2.75) is 56.7 Å². The predicted octanol–water partition coefficient (Wildman–Crippen LogP) is 0.701. The van der Waals surface area contributed by atoms with Gasteiger partial charge in [0.15, 0.2) is 0 Å². The molecule has 1 aliphatic heterocycles. The molecule has 1 aromatic carbocycles. The number of carboxylic acid groups (broad SMARTS) is 2. The van der Waals surface area contributed by atoms with Crippen LogP contribution in [-0.2, 0) is 25.6 Å². The second kappa shape index (κ2) is 13.3. The summed E-state index contributed by atoms with van der Waals surface area (Å²) in [6.45, 7) is 0.388. The number of unbranched alkanes of at least 4 members (excludes halogenated alkanes) is 1. The maximum absolute atomic E-state index is 13.0. The molecule has 0 saturated carbocycles. The number of fused-ring (bicyclic) bond motifs is 1. The molecule has 2 heterocycles. The first-order valence-corrected chi connectivity index (χ1v) is 12.3. The number of amides is 3. The van der Waals surface area contributed by atoms with Gasteiger partial charge in [-0.2, -0.15) is 0 Å². The quantitative estimate of drug-likeness (QED) is 0.234. The van der Waals surface area contributed by atoms with E-state index in [0.29, 0.717) is 30.6 Å². The fourth-order valence-corrected chi connectivity index (χ4v) is 4.30. The van der Waals surface area contributed by atoms with Crippen LogP contribution in [0.15, 0.2) is 48.7 Å². The van der Waals surface area contributed by atoms with Crippen molar-refractivity contribution >= 4 is 35.3 Å². The molecule has 6 N–H and O–H groups in total. The highest BCUT2D eigenvalue weighted by Crippen LogP contribution is 2.33. The van der Waals surface area contributed by atoms with Gasteiger partial charge in [-0.05, 0) is 56.0 Å². The van der Waals surface area contributed by atoms with Gasteiger partial charge in [0.2, 0.25) is 11.8 Å². The number of pyridine rings is 1. The predicted molar refractivity (Wildman–Crippen MR) is 136 cm³/mol. The van der Waals surface area contributed by atoms with Crippen molar-refractivity contribution in [2.24, 2.45) is 5.73 Å². The van der Waals surface area contributed by atoms with Crippen molar-refractivity contribution < 1.29 is 34.2 Å². The highest BCUT2D eigenvalue weighted by molar-refractivity contribution is 6.02. The Hall–Kier alpha value is -4.32. The minimum atomic E-state index is -1.43. The van der Waals surface area contributed by atoms with Crippen LogP contribution in [0.25, 0.3) is 0 Å². The Morgan fingerprint density at radius 3 is 2.37 bits per heavy atom. The molecule has 3 rings (SSSR count). The van der Waals surface area contributed by atoms with Crippen LogP contribution in [0, 0.1) is 0 Å². The van der Waals surface area contributed by atoms with Gasteiger partial charge in [-0.1, -0.05) is 24.3 Å². The van der Waals surface area contributed by atoms with E-state index >= 15 is 0 Å². The second-order valence-corrected chi connectivity index (χ2v) is 8.91. The van der Waals surface area contributed by atoms with E-state index in [1.165, 1.54) is 17.2 Å². The van der Waals surface area contributed by atoms with Gasteiger partial charge in [-0.25, -0.2) is 9.59 Å². The van der Waals surface area contributed by atoms with Crippen molar-refractivity contribution in [2.75, 3.05) is 11.4 Å². The van der Waals surface area contributed by atoms with Gasteiger partial charge in [0.1, 0.15) is 23.8 Å². The first-order valence-electron chi connectivity index (χ1n) is 12.3. The number of carboxylic acids is 2. The van der Waals surface area contributed by atoms with Gasteiger partial charge in [-0.3, -0.25) is 24.3 Å². The Morgan fingerprint density at radius 2 is 1.71 bits per heavy atom. The normalized spacial score (nSPS) is 15.7. The molecule has 0 radical (unpaired) electrons. The summed E-state index contributed by atoms with van der Waals surface area (Å²) in [7, 11) is 0. The lowest BCUT2D eigenvalue weighted by molar-refractivity contribution is -0.143. The number of nitrogens with zero attached hydrogens (tertiary/aromatic N) is 2. The molecule has 12 heteroatoms. The van der Waals surface area contributed by atoms with Gasteiger partial charge >= 0.3 is 11.9 Å². The summed E-state index contributed by atoms with van der Waals surface area (Å²) < 4.78 is 0. The summed E-state index contributed by atoms with van der Waals surface area (Å²) in [6, 6.07) is 7.99. The van der Waals surface area contributed by atoms with Crippen molar-refractivity contribution in [1.29, 1.82) is 0 Å². The molecule has 3 atom stereocenters. The maximum atomic E-state index is 13.0. The average Bonchev–Trinajstić information content (AvgIpc) is 3.30. The van der Waals surface area contributed by atoms with E-state index < -0.39 is 47.8 Å². The monoisotopic (exact) mass is 525 g/mol. The number of anilines is 1. The molecular weight excluding hydrogens is 494 g/mol. The molecule has 1 aromatic heterocycles. The molecule has 2 aromatic rings. The second-order valence-electron chi connectivity index (χ2n) is 8.91. The van der Waals surface area contributed by atoms with Crippen LogP contribution in [0.3, 0.4) is 0 Å². The molecule has 12 nitrogen and oxygen atoms in total. The third-order valence-electron chi connectivity index (χ3n) is 6.26. The van der Waals surface area contributed by atoms with Gasteiger partial charge in [-0.15, -0.1) is 0 Å². The summed E-state index contributed by atoms with van der Waals surface area (Å²) in [4.78, 5) is 67.4. The van der Waals surface area contributed by atoms with Crippen LogP contribution in [0.5, 0.6) is 0 Å². The van der Waals surface area contributed by atoms with E-state index in [1.54, 1.807) is 36.4 Å². The largest absolute Gasteiger partial charge is 0.480 e. The molecule has 38 heavy (non-hydrogen) atoms. The zero-order valence-electron chi connectivity index (χ0n) is 20.7. The summed E-state index contributed by atoms with van der Waals surface area (Å²) in [6.07, 6.45) is 2.33. The number of aromatic nitrogens is 1. The fourth-order valence-electron chi connectivity index (χ4n) is 4.30. The van der Waals surface area contributed by atoms with Crippen LogP contribution in [0.1, 0.15) is 48.2 Å². The lowest BCUT2D eigenvalue weighted by atomic mass is 10.1. The molecule has 0 saturated heterocycles. The van der Waals surface area contributed by atoms with E-state index in [1.807, 2.05) is 0 Å². The van der Waals surface area contributed by atoms with Gasteiger partial charge < -0.3 is 26.6 Å². The number of carbonyl (C=O) groups is 5. The summed E-state index contributed by atoms with van der Waals surface area (Å²) in [5.74, 6) is -4.40. The molecule has 0 aliphatic carbocycles. The number of aliphatic carboxylic acids is 2. The van der Waals surface area contributed by atoms with Crippen molar-refractivity contribution in [3.05, 3.63) is 59.9 Å². The van der Waals surface area contributed by atoms with E-state index in [-0.39, 0.29) is 31.4 Å². The molecule has 202 valence electrons. The lowest BCUT2D eigenvalue weighted by Crippen LogP contribution is -2.52. The van der Waals surface area contributed by atoms with Crippen LogP contribution in [0.4, 0.5) is 5.69 Å². The topological polar surface area (TPSA) is 192 Å². The third kappa shape index (κ3) is 7.13. The standard InChI is InChI=1S/C26H31N5O7/c27-13-5-3-9-18(29-23(33)17-8-4-6-14-28-17)24(34)30-19(25(35)36)11-12-22(32)31-20-10-2-1-7-16(20)15-21(31)26(37)38/h1-2,4,6-8,10,14,18-19,21H,3,5,9,11-13,15,27H2,(H,29,33)(H,30,34)(H,35,36)(H,37,38)/t18-,19+,21-/m0/s1. The maximum Gasteiger partial charge on any atom is 0.327 e. The zero-order chi connectivity index (χ0) is 27.7. The number of hydrogen-bond acceptors (Lipinski definition) is 7.